The van der Waals surface area contributed by atoms with Gasteiger partial charge in [0.2, 0.25) is 5.91 Å². The summed E-state index contributed by atoms with van der Waals surface area (Å²) in [6.45, 7) is 4.13. The number of carbonyl (C=O) groups is 1. The molecule has 6 nitrogen and oxygen atoms in total. The highest BCUT2D eigenvalue weighted by Gasteiger charge is 2.31. The van der Waals surface area contributed by atoms with Crippen LogP contribution >= 0.6 is 11.3 Å². The largest absolute Gasteiger partial charge is 0.349 e. The second-order valence-electron chi connectivity index (χ2n) is 6.55. The number of benzene rings is 1. The Labute approximate surface area is 157 Å². The monoisotopic (exact) mass is 391 g/mol. The lowest BCUT2D eigenvalue weighted by Gasteiger charge is -2.24. The first-order valence-electron chi connectivity index (χ1n) is 8.28. The van der Waals surface area contributed by atoms with E-state index in [1.165, 1.54) is 6.07 Å². The maximum absolute atomic E-state index is 12.5. The molecule has 1 aliphatic heterocycles. The number of hydrogen-bond acceptors (Lipinski definition) is 5. The molecule has 138 valence electrons. The quantitative estimate of drug-likeness (QED) is 0.850. The van der Waals surface area contributed by atoms with Gasteiger partial charge in [-0.1, -0.05) is 32.0 Å². The van der Waals surface area contributed by atoms with Gasteiger partial charge in [-0.25, -0.2) is 0 Å². The van der Waals surface area contributed by atoms with E-state index in [1.807, 2.05) is 17.5 Å². The first-order valence-corrected chi connectivity index (χ1v) is 10.6. The van der Waals surface area contributed by atoms with E-state index in [0.29, 0.717) is 11.4 Å². The Bertz CT molecular complexity index is 934. The van der Waals surface area contributed by atoms with Crippen molar-refractivity contribution >= 4 is 33.1 Å². The summed E-state index contributed by atoms with van der Waals surface area (Å²) in [7, 11) is -2.02. The molecule has 1 atom stereocenters. The summed E-state index contributed by atoms with van der Waals surface area (Å²) < 4.78 is 28.2. The molecule has 0 fully saturated rings. The van der Waals surface area contributed by atoms with Crippen LogP contribution in [0.25, 0.3) is 0 Å². The van der Waals surface area contributed by atoms with Gasteiger partial charge in [-0.05, 0) is 29.5 Å². The van der Waals surface area contributed by atoms with Crippen LogP contribution < -0.4 is 5.32 Å². The summed E-state index contributed by atoms with van der Waals surface area (Å²) in [5, 5.41) is 5.03. The van der Waals surface area contributed by atoms with Crippen molar-refractivity contribution in [2.24, 2.45) is 10.3 Å². The molecule has 8 heteroatoms. The second kappa shape index (κ2) is 7.20. The summed E-state index contributed by atoms with van der Waals surface area (Å²) in [5.74, 6) is 0.366. The SMILES string of the molecule is CC(C)C(NC(=O)CN(C)C1=NS(=O)(=O)c2ccccc21)c1cccs1. The van der Waals surface area contributed by atoms with E-state index in [0.717, 1.165) is 4.88 Å². The maximum Gasteiger partial charge on any atom is 0.285 e. The zero-order chi connectivity index (χ0) is 18.9. The zero-order valence-electron chi connectivity index (χ0n) is 14.8. The molecule has 0 saturated carbocycles. The molecule has 26 heavy (non-hydrogen) atoms. The number of rotatable bonds is 5. The van der Waals surface area contributed by atoms with E-state index >= 15 is 0 Å². The van der Waals surface area contributed by atoms with Crippen molar-refractivity contribution in [1.82, 2.24) is 10.2 Å². The van der Waals surface area contributed by atoms with Crippen molar-refractivity contribution in [2.45, 2.75) is 24.8 Å². The molecule has 3 rings (SSSR count). The van der Waals surface area contributed by atoms with Crippen LogP contribution in [-0.2, 0) is 14.8 Å². The number of nitrogens with one attached hydrogen (secondary N) is 1. The van der Waals surface area contributed by atoms with Gasteiger partial charge in [0.05, 0.1) is 12.6 Å². The van der Waals surface area contributed by atoms with E-state index in [1.54, 1.807) is 41.5 Å². The highest BCUT2D eigenvalue weighted by atomic mass is 32.2. The maximum atomic E-state index is 12.5. The number of likely N-dealkylation sites (N-methyl/N-ethyl adjacent to an activating group) is 1. The third-order valence-electron chi connectivity index (χ3n) is 4.19. The first kappa shape index (κ1) is 18.6. The smallest absolute Gasteiger partial charge is 0.285 e. The molecule has 2 aromatic rings. The lowest BCUT2D eigenvalue weighted by atomic mass is 10.0. The normalized spacial score (nSPS) is 16.1. The minimum Gasteiger partial charge on any atom is -0.349 e. The molecule has 0 saturated heterocycles. The number of carbonyl (C=O) groups excluding carboxylic acids is 1. The van der Waals surface area contributed by atoms with Gasteiger partial charge in [-0.2, -0.15) is 8.42 Å². The Morgan fingerprint density at radius 1 is 1.23 bits per heavy atom. The van der Waals surface area contributed by atoms with Crippen LogP contribution in [0.5, 0.6) is 0 Å². The van der Waals surface area contributed by atoms with Gasteiger partial charge < -0.3 is 10.2 Å². The highest BCUT2D eigenvalue weighted by Crippen LogP contribution is 2.28. The average Bonchev–Trinajstić information content (AvgIpc) is 3.19. The molecule has 1 amide bonds. The molecule has 0 bridgehead atoms. The highest BCUT2D eigenvalue weighted by molar-refractivity contribution is 7.90. The molecule has 2 heterocycles. The Hall–Kier alpha value is -2.19. The van der Waals surface area contributed by atoms with Crippen molar-refractivity contribution in [3.8, 4) is 0 Å². The van der Waals surface area contributed by atoms with Crippen LogP contribution in [-0.4, -0.2) is 38.7 Å². The van der Waals surface area contributed by atoms with Gasteiger partial charge in [-0.15, -0.1) is 15.7 Å². The summed E-state index contributed by atoms with van der Waals surface area (Å²) in [4.78, 5) is 15.4. The summed E-state index contributed by atoms with van der Waals surface area (Å²) >= 11 is 1.60. The van der Waals surface area contributed by atoms with E-state index in [2.05, 4.69) is 23.6 Å². The zero-order valence-corrected chi connectivity index (χ0v) is 16.5. The molecular formula is C18H21N3O3S2. The van der Waals surface area contributed by atoms with Crippen LogP contribution in [0.2, 0.25) is 0 Å². The molecule has 0 spiro atoms. The van der Waals surface area contributed by atoms with Crippen LogP contribution in [0.1, 0.15) is 30.3 Å². The van der Waals surface area contributed by atoms with Crippen LogP contribution in [0.4, 0.5) is 0 Å². The molecule has 1 aliphatic rings. The van der Waals surface area contributed by atoms with Gasteiger partial charge in [0.25, 0.3) is 10.0 Å². The summed E-state index contributed by atoms with van der Waals surface area (Å²) in [5.41, 5.74) is 0.529. The fraction of sp³-hybridized carbons (Fsp3) is 0.333. The predicted octanol–water partition coefficient (Wildman–Crippen LogP) is 2.64. The molecule has 1 aromatic heterocycles. The number of fused-ring (bicyclic) bond motifs is 1. The van der Waals surface area contributed by atoms with E-state index in [4.69, 9.17) is 0 Å². The minimum atomic E-state index is -3.69. The van der Waals surface area contributed by atoms with Gasteiger partial charge in [0, 0.05) is 17.5 Å². The fourth-order valence-corrected chi connectivity index (χ4v) is 5.11. The number of hydrogen-bond donors (Lipinski definition) is 1. The van der Waals surface area contributed by atoms with Gasteiger partial charge >= 0.3 is 0 Å². The predicted molar refractivity (Wildman–Crippen MR) is 103 cm³/mol. The van der Waals surface area contributed by atoms with Crippen LogP contribution in [0, 0.1) is 5.92 Å². The second-order valence-corrected chi connectivity index (χ2v) is 9.10. The molecule has 0 radical (unpaired) electrons. The van der Waals surface area contributed by atoms with E-state index < -0.39 is 10.0 Å². The van der Waals surface area contributed by atoms with Crippen molar-refractivity contribution < 1.29 is 13.2 Å². The Balaban J connectivity index is 1.74. The van der Waals surface area contributed by atoms with Gasteiger partial charge in [-0.3, -0.25) is 4.79 Å². The van der Waals surface area contributed by atoms with E-state index in [9.17, 15) is 13.2 Å². The van der Waals surface area contributed by atoms with Crippen LogP contribution in [0.3, 0.4) is 0 Å². The third-order valence-corrected chi connectivity index (χ3v) is 6.47. The molecule has 1 N–H and O–H groups in total. The van der Waals surface area contributed by atoms with Gasteiger partial charge in [0.15, 0.2) is 5.84 Å². The van der Waals surface area contributed by atoms with Crippen molar-refractivity contribution in [1.29, 1.82) is 0 Å². The minimum absolute atomic E-state index is 0.0251. The van der Waals surface area contributed by atoms with Crippen LogP contribution in [0.15, 0.2) is 51.1 Å². The lowest BCUT2D eigenvalue weighted by Crippen LogP contribution is -2.40. The first-order chi connectivity index (χ1) is 12.3. The summed E-state index contributed by atoms with van der Waals surface area (Å²) in [6, 6.07) is 10.5. The fourth-order valence-electron chi connectivity index (χ4n) is 2.91. The third kappa shape index (κ3) is 3.66. The van der Waals surface area contributed by atoms with Crippen molar-refractivity contribution in [2.75, 3.05) is 13.6 Å². The number of nitrogens with zero attached hydrogens (tertiary/aromatic N) is 2. The number of sulfonamides is 1. The molecular weight excluding hydrogens is 370 g/mol. The average molecular weight is 392 g/mol. The number of amidine groups is 1. The summed E-state index contributed by atoms with van der Waals surface area (Å²) in [6.07, 6.45) is 0. The lowest BCUT2D eigenvalue weighted by molar-refractivity contribution is -0.122. The van der Waals surface area contributed by atoms with E-state index in [-0.39, 0.29) is 29.3 Å². The Morgan fingerprint density at radius 2 is 1.96 bits per heavy atom. The molecule has 0 aliphatic carbocycles. The molecule has 1 unspecified atom stereocenters. The van der Waals surface area contributed by atoms with Crippen molar-refractivity contribution in [3.05, 3.63) is 52.2 Å². The standard InChI is InChI=1S/C18H21N3O3S2/c1-12(2)17(14-8-6-10-25-14)19-16(22)11-21(3)18-13-7-4-5-9-15(13)26(23,24)20-18/h4-10,12,17H,11H2,1-3H3,(H,19,22). The van der Waals surface area contributed by atoms with Crippen molar-refractivity contribution in [3.63, 3.8) is 0 Å². The Morgan fingerprint density at radius 3 is 2.62 bits per heavy atom. The number of amides is 1. The Kier molecular flexibility index (Phi) is 5.15. The topological polar surface area (TPSA) is 78.8 Å². The molecule has 1 aromatic carbocycles. The van der Waals surface area contributed by atoms with Gasteiger partial charge in [0.1, 0.15) is 4.90 Å². The number of thiophene rings is 1.